The minimum Gasteiger partial charge on any atom is -0.397 e. The minimum atomic E-state index is -0.556. The molecule has 2 amide bonds. The number of carbonyl (C=O) groups excluding carboxylic acids is 2. The number of anilines is 3. The van der Waals surface area contributed by atoms with Crippen LogP contribution < -0.4 is 16.4 Å². The van der Waals surface area contributed by atoms with Crippen molar-refractivity contribution in [2.75, 3.05) is 49.2 Å². The summed E-state index contributed by atoms with van der Waals surface area (Å²) in [6.45, 7) is 4.01. The molecule has 234 valence electrons. The molecule has 0 aliphatic carbocycles. The number of benzene rings is 3. The first-order chi connectivity index (χ1) is 21.5. The largest absolute Gasteiger partial charge is 0.397 e. The lowest BCUT2D eigenvalue weighted by Crippen LogP contribution is -2.44. The van der Waals surface area contributed by atoms with E-state index in [1.807, 2.05) is 60.7 Å². The molecule has 2 aliphatic heterocycles. The van der Waals surface area contributed by atoms with Gasteiger partial charge >= 0.3 is 0 Å². The SMILES string of the molecule is Nc1ccccc1NC(=O)CCCCC(=O)Nc1ccc([C@@H]2O[C@H](CN3CCOCC3)C[C@H](c3ccc(CO)cc3)O2)cc1. The summed E-state index contributed by atoms with van der Waals surface area (Å²) in [6.07, 6.45) is 1.81. The van der Waals surface area contributed by atoms with E-state index in [0.29, 0.717) is 42.7 Å². The fourth-order valence-electron chi connectivity index (χ4n) is 5.45. The molecule has 3 atom stereocenters. The molecule has 3 aromatic rings. The summed E-state index contributed by atoms with van der Waals surface area (Å²) >= 11 is 0. The Bertz CT molecular complexity index is 1360. The maximum atomic E-state index is 12.6. The van der Waals surface area contributed by atoms with E-state index in [-0.39, 0.29) is 30.6 Å². The van der Waals surface area contributed by atoms with E-state index in [1.165, 1.54) is 0 Å². The monoisotopic (exact) mass is 602 g/mol. The van der Waals surface area contributed by atoms with E-state index >= 15 is 0 Å². The van der Waals surface area contributed by atoms with Crippen LogP contribution in [0.3, 0.4) is 0 Å². The van der Waals surface area contributed by atoms with Gasteiger partial charge in [-0.1, -0.05) is 48.5 Å². The number of nitrogen functional groups attached to an aromatic ring is 1. The van der Waals surface area contributed by atoms with Crippen LogP contribution in [0.15, 0.2) is 72.8 Å². The Morgan fingerprint density at radius 1 is 0.841 bits per heavy atom. The summed E-state index contributed by atoms with van der Waals surface area (Å²) in [5.74, 6) is -0.227. The molecule has 2 aliphatic rings. The molecule has 44 heavy (non-hydrogen) atoms. The topological polar surface area (TPSA) is 135 Å². The van der Waals surface area contributed by atoms with Crippen LogP contribution >= 0.6 is 0 Å². The second kappa shape index (κ2) is 15.8. The number of nitrogens with two attached hydrogens (primary N) is 1. The predicted octanol–water partition coefficient (Wildman–Crippen LogP) is 4.78. The van der Waals surface area contributed by atoms with Crippen molar-refractivity contribution in [2.45, 2.75) is 57.2 Å². The van der Waals surface area contributed by atoms with Gasteiger partial charge in [-0.25, -0.2) is 0 Å². The highest BCUT2D eigenvalue weighted by Gasteiger charge is 2.33. The van der Waals surface area contributed by atoms with Gasteiger partial charge in [0.25, 0.3) is 0 Å². The first-order valence-corrected chi connectivity index (χ1v) is 15.3. The lowest BCUT2D eigenvalue weighted by molar-refractivity contribution is -0.253. The third-order valence-electron chi connectivity index (χ3n) is 7.94. The maximum Gasteiger partial charge on any atom is 0.224 e. The maximum absolute atomic E-state index is 12.6. The third-order valence-corrected chi connectivity index (χ3v) is 7.94. The number of rotatable bonds is 12. The predicted molar refractivity (Wildman–Crippen MR) is 169 cm³/mol. The lowest BCUT2D eigenvalue weighted by Gasteiger charge is -2.39. The second-order valence-corrected chi connectivity index (χ2v) is 11.3. The molecule has 0 radical (unpaired) electrons. The molecule has 3 aromatic carbocycles. The van der Waals surface area contributed by atoms with E-state index in [4.69, 9.17) is 19.9 Å². The normalized spacial score (nSPS) is 20.6. The number of nitrogens with zero attached hydrogens (tertiary/aromatic N) is 1. The Morgan fingerprint density at radius 3 is 2.18 bits per heavy atom. The molecule has 10 nitrogen and oxygen atoms in total. The van der Waals surface area contributed by atoms with Crippen LogP contribution in [-0.4, -0.2) is 60.8 Å². The van der Waals surface area contributed by atoms with Gasteiger partial charge in [0.1, 0.15) is 0 Å². The molecule has 2 heterocycles. The second-order valence-electron chi connectivity index (χ2n) is 11.3. The molecular weight excluding hydrogens is 560 g/mol. The van der Waals surface area contributed by atoms with E-state index in [9.17, 15) is 14.7 Å². The zero-order chi connectivity index (χ0) is 30.7. The number of carbonyl (C=O) groups is 2. The van der Waals surface area contributed by atoms with Crippen molar-refractivity contribution in [1.82, 2.24) is 4.90 Å². The van der Waals surface area contributed by atoms with Gasteiger partial charge in [-0.15, -0.1) is 0 Å². The van der Waals surface area contributed by atoms with Crippen molar-refractivity contribution in [3.8, 4) is 0 Å². The standard InChI is InChI=1S/C34H42N4O6/c35-29-5-1-2-6-30(29)37-33(41)8-4-3-7-32(40)36-27-15-13-26(14-16-27)34-43-28(22-38-17-19-42-20-18-38)21-31(44-34)25-11-9-24(23-39)10-12-25/h1-2,5-6,9-16,28,31,34,39H,3-4,7-8,17-23,35H2,(H,36,40)(H,37,41)/t28-,31+,34+/m0/s1. The molecular formula is C34H42N4O6. The van der Waals surface area contributed by atoms with E-state index in [0.717, 1.165) is 56.0 Å². The molecule has 5 N–H and O–H groups in total. The zero-order valence-electron chi connectivity index (χ0n) is 25.0. The molecule has 2 saturated heterocycles. The van der Waals surface area contributed by atoms with Crippen LogP contribution in [0.5, 0.6) is 0 Å². The smallest absolute Gasteiger partial charge is 0.224 e. The number of unbranched alkanes of at least 4 members (excludes halogenated alkanes) is 1. The van der Waals surface area contributed by atoms with Gasteiger partial charge < -0.3 is 35.7 Å². The lowest BCUT2D eigenvalue weighted by atomic mass is 9.99. The highest BCUT2D eigenvalue weighted by atomic mass is 16.7. The summed E-state index contributed by atoms with van der Waals surface area (Å²) in [5.41, 5.74) is 10.5. The van der Waals surface area contributed by atoms with Gasteiger partial charge in [-0.2, -0.15) is 0 Å². The first kappa shape index (κ1) is 31.6. The van der Waals surface area contributed by atoms with Gasteiger partial charge in [0.15, 0.2) is 6.29 Å². The van der Waals surface area contributed by atoms with E-state index < -0.39 is 6.29 Å². The average molecular weight is 603 g/mol. The number of hydrogen-bond donors (Lipinski definition) is 4. The van der Waals surface area contributed by atoms with Crippen molar-refractivity contribution >= 4 is 28.9 Å². The number of amides is 2. The van der Waals surface area contributed by atoms with Crippen molar-refractivity contribution < 1.29 is 28.9 Å². The third kappa shape index (κ3) is 9.10. The molecule has 0 aromatic heterocycles. The molecule has 0 bridgehead atoms. The van der Waals surface area contributed by atoms with Crippen molar-refractivity contribution in [3.63, 3.8) is 0 Å². The highest BCUT2D eigenvalue weighted by molar-refractivity contribution is 5.94. The first-order valence-electron chi connectivity index (χ1n) is 15.3. The summed E-state index contributed by atoms with van der Waals surface area (Å²) in [4.78, 5) is 27.1. The fourth-order valence-corrected chi connectivity index (χ4v) is 5.45. The molecule has 10 heteroatoms. The molecule has 0 spiro atoms. The molecule has 0 saturated carbocycles. The Kier molecular flexibility index (Phi) is 11.3. The summed E-state index contributed by atoms with van der Waals surface area (Å²) in [6, 6.07) is 22.5. The van der Waals surface area contributed by atoms with Crippen LogP contribution in [0.2, 0.25) is 0 Å². The molecule has 0 unspecified atom stereocenters. The number of aliphatic hydroxyl groups is 1. The van der Waals surface area contributed by atoms with Crippen molar-refractivity contribution in [1.29, 1.82) is 0 Å². The Morgan fingerprint density at radius 2 is 1.50 bits per heavy atom. The van der Waals surface area contributed by atoms with E-state index in [1.54, 1.807) is 12.1 Å². The van der Waals surface area contributed by atoms with Crippen molar-refractivity contribution in [2.24, 2.45) is 0 Å². The summed E-state index contributed by atoms with van der Waals surface area (Å²) in [7, 11) is 0. The average Bonchev–Trinajstić information content (AvgIpc) is 3.05. The highest BCUT2D eigenvalue weighted by Crippen LogP contribution is 2.38. The number of morpholine rings is 1. The number of aliphatic hydroxyl groups excluding tert-OH is 1. The number of nitrogens with one attached hydrogen (secondary N) is 2. The minimum absolute atomic E-state index is 0.00191. The summed E-state index contributed by atoms with van der Waals surface area (Å²) in [5, 5.41) is 15.2. The molecule has 5 rings (SSSR count). The van der Waals surface area contributed by atoms with Crippen LogP contribution in [0, 0.1) is 0 Å². The van der Waals surface area contributed by atoms with Crippen LogP contribution in [-0.2, 0) is 30.4 Å². The van der Waals surface area contributed by atoms with Crippen LogP contribution in [0.25, 0.3) is 0 Å². The quantitative estimate of drug-likeness (QED) is 0.172. The van der Waals surface area contributed by atoms with E-state index in [2.05, 4.69) is 15.5 Å². The Balaban J connectivity index is 1.12. The van der Waals surface area contributed by atoms with Crippen molar-refractivity contribution in [3.05, 3.63) is 89.5 Å². The van der Waals surface area contributed by atoms with Gasteiger partial charge in [-0.3, -0.25) is 14.5 Å². The zero-order valence-corrected chi connectivity index (χ0v) is 25.0. The summed E-state index contributed by atoms with van der Waals surface area (Å²) < 4.78 is 18.4. The van der Waals surface area contributed by atoms with Gasteiger partial charge in [0.2, 0.25) is 11.8 Å². The van der Waals surface area contributed by atoms with Crippen LogP contribution in [0.4, 0.5) is 17.1 Å². The van der Waals surface area contributed by atoms with Gasteiger partial charge in [0, 0.05) is 50.1 Å². The number of hydrogen-bond acceptors (Lipinski definition) is 8. The van der Waals surface area contributed by atoms with Gasteiger partial charge in [-0.05, 0) is 48.2 Å². The van der Waals surface area contributed by atoms with Gasteiger partial charge in [0.05, 0.1) is 43.4 Å². The fraction of sp³-hybridized carbons (Fsp3) is 0.412. The molecule has 2 fully saturated rings. The number of ether oxygens (including phenoxy) is 3. The Hall–Kier alpha value is -3.80. The van der Waals surface area contributed by atoms with Crippen LogP contribution in [0.1, 0.15) is 61.2 Å². The Labute approximate surface area is 258 Å². The number of para-hydroxylation sites is 2.